The van der Waals surface area contributed by atoms with E-state index in [2.05, 4.69) is 10.4 Å². The summed E-state index contributed by atoms with van der Waals surface area (Å²) < 4.78 is 37.3. The van der Waals surface area contributed by atoms with Crippen molar-refractivity contribution in [1.29, 1.82) is 0 Å². The van der Waals surface area contributed by atoms with Crippen molar-refractivity contribution in [3.05, 3.63) is 28.2 Å². The Hall–Kier alpha value is -1.90. The monoisotopic (exact) mass is 306 g/mol. The minimum absolute atomic E-state index is 0.0840. The third kappa shape index (κ3) is 6.39. The molecular formula is C12H17F3N4O2. The van der Waals surface area contributed by atoms with Crippen LogP contribution in [-0.4, -0.2) is 53.4 Å². The molecule has 0 radical (unpaired) electrons. The van der Waals surface area contributed by atoms with Crippen molar-refractivity contribution >= 4 is 5.91 Å². The summed E-state index contributed by atoms with van der Waals surface area (Å²) in [5.74, 6) is -0.468. The van der Waals surface area contributed by atoms with Crippen molar-refractivity contribution in [2.45, 2.75) is 12.6 Å². The van der Waals surface area contributed by atoms with Gasteiger partial charge < -0.3 is 5.32 Å². The maximum absolute atomic E-state index is 12.1. The summed E-state index contributed by atoms with van der Waals surface area (Å²) >= 11 is 0. The topological polar surface area (TPSA) is 67.2 Å². The Morgan fingerprint density at radius 3 is 2.67 bits per heavy atom. The highest BCUT2D eigenvalue weighted by Crippen LogP contribution is 2.15. The number of nitrogens with one attached hydrogen (secondary N) is 1. The molecule has 1 aromatic heterocycles. The van der Waals surface area contributed by atoms with Crippen LogP contribution >= 0.6 is 0 Å². The number of alkyl halides is 3. The SMILES string of the molecule is CN(CCCNC(=O)c1ccc(=O)n(C)n1)CC(F)(F)F. The van der Waals surface area contributed by atoms with Crippen molar-refractivity contribution < 1.29 is 18.0 Å². The fourth-order valence-electron chi connectivity index (χ4n) is 1.65. The van der Waals surface area contributed by atoms with Crippen LogP contribution in [0.25, 0.3) is 0 Å². The number of aryl methyl sites for hydroxylation is 1. The van der Waals surface area contributed by atoms with Gasteiger partial charge >= 0.3 is 6.18 Å². The zero-order chi connectivity index (χ0) is 16.0. The molecule has 1 rings (SSSR count). The molecule has 118 valence electrons. The molecule has 1 aromatic rings. The zero-order valence-corrected chi connectivity index (χ0v) is 11.8. The Balaban J connectivity index is 2.34. The Morgan fingerprint density at radius 2 is 2.10 bits per heavy atom. The Bertz CT molecular complexity index is 542. The number of carbonyl (C=O) groups is 1. The molecule has 0 aliphatic rings. The molecule has 0 spiro atoms. The Morgan fingerprint density at radius 1 is 1.43 bits per heavy atom. The molecule has 0 fully saturated rings. The lowest BCUT2D eigenvalue weighted by Crippen LogP contribution is -2.34. The summed E-state index contributed by atoms with van der Waals surface area (Å²) in [5.41, 5.74) is -0.249. The van der Waals surface area contributed by atoms with Gasteiger partial charge in [-0.2, -0.15) is 18.3 Å². The molecule has 0 unspecified atom stereocenters. The van der Waals surface area contributed by atoms with Crippen LogP contribution in [0.2, 0.25) is 0 Å². The van der Waals surface area contributed by atoms with Gasteiger partial charge in [0.05, 0.1) is 6.54 Å². The largest absolute Gasteiger partial charge is 0.401 e. The molecule has 6 nitrogen and oxygen atoms in total. The number of hydrogen-bond donors (Lipinski definition) is 1. The lowest BCUT2D eigenvalue weighted by atomic mass is 10.3. The van der Waals surface area contributed by atoms with Crippen LogP contribution in [0.4, 0.5) is 13.2 Å². The molecule has 21 heavy (non-hydrogen) atoms. The molecule has 0 bridgehead atoms. The molecule has 1 amide bonds. The number of amides is 1. The standard InChI is InChI=1S/C12H17F3N4O2/c1-18(8-12(13,14)15)7-3-6-16-11(21)9-4-5-10(20)19(2)17-9/h4-5H,3,6-8H2,1-2H3,(H,16,21). The number of rotatable bonds is 6. The van der Waals surface area contributed by atoms with Gasteiger partial charge in [0, 0.05) is 19.7 Å². The van der Waals surface area contributed by atoms with E-state index >= 15 is 0 Å². The lowest BCUT2D eigenvalue weighted by molar-refractivity contribution is -0.143. The van der Waals surface area contributed by atoms with Gasteiger partial charge in [-0.1, -0.05) is 0 Å². The second kappa shape index (κ2) is 7.21. The van der Waals surface area contributed by atoms with E-state index < -0.39 is 18.6 Å². The summed E-state index contributed by atoms with van der Waals surface area (Å²) in [7, 11) is 2.79. The summed E-state index contributed by atoms with van der Waals surface area (Å²) in [6.07, 6.45) is -3.85. The van der Waals surface area contributed by atoms with Crippen LogP contribution in [0.3, 0.4) is 0 Å². The van der Waals surface area contributed by atoms with Gasteiger partial charge in [0.2, 0.25) is 0 Å². The Labute approximate surface area is 119 Å². The summed E-state index contributed by atoms with van der Waals surface area (Å²) in [6.45, 7) is -0.546. The van der Waals surface area contributed by atoms with Crippen molar-refractivity contribution in [3.8, 4) is 0 Å². The van der Waals surface area contributed by atoms with Crippen LogP contribution in [-0.2, 0) is 7.05 Å². The predicted molar refractivity (Wildman–Crippen MR) is 70.0 cm³/mol. The van der Waals surface area contributed by atoms with Gasteiger partial charge in [-0.3, -0.25) is 14.5 Å². The second-order valence-electron chi connectivity index (χ2n) is 4.64. The first kappa shape index (κ1) is 17.2. The fraction of sp³-hybridized carbons (Fsp3) is 0.583. The van der Waals surface area contributed by atoms with E-state index in [1.165, 1.54) is 26.2 Å². The van der Waals surface area contributed by atoms with Crippen molar-refractivity contribution in [2.24, 2.45) is 7.05 Å². The molecule has 0 aliphatic carbocycles. The first-order chi connectivity index (χ1) is 9.69. The van der Waals surface area contributed by atoms with Crippen LogP contribution in [0.1, 0.15) is 16.9 Å². The van der Waals surface area contributed by atoms with Crippen molar-refractivity contribution in [1.82, 2.24) is 20.0 Å². The zero-order valence-electron chi connectivity index (χ0n) is 11.8. The fourth-order valence-corrected chi connectivity index (χ4v) is 1.65. The van der Waals surface area contributed by atoms with Gasteiger partial charge in [0.1, 0.15) is 5.69 Å². The number of nitrogens with zero attached hydrogens (tertiary/aromatic N) is 3. The molecule has 0 saturated heterocycles. The molecule has 0 aliphatic heterocycles. The van der Waals surface area contributed by atoms with Crippen molar-refractivity contribution in [2.75, 3.05) is 26.7 Å². The van der Waals surface area contributed by atoms with E-state index in [0.29, 0.717) is 6.42 Å². The van der Waals surface area contributed by atoms with Gasteiger partial charge in [0.25, 0.3) is 11.5 Å². The maximum Gasteiger partial charge on any atom is 0.401 e. The van der Waals surface area contributed by atoms with Crippen LogP contribution in [0.5, 0.6) is 0 Å². The van der Waals surface area contributed by atoms with Gasteiger partial charge in [-0.15, -0.1) is 0 Å². The summed E-state index contributed by atoms with van der Waals surface area (Å²) in [5, 5.41) is 6.31. The smallest absolute Gasteiger partial charge is 0.351 e. The minimum atomic E-state index is -4.23. The molecule has 0 atom stereocenters. The quantitative estimate of drug-likeness (QED) is 0.772. The van der Waals surface area contributed by atoms with Crippen molar-refractivity contribution in [3.63, 3.8) is 0 Å². The first-order valence-corrected chi connectivity index (χ1v) is 6.27. The number of aromatic nitrogens is 2. The molecule has 0 saturated carbocycles. The highest BCUT2D eigenvalue weighted by atomic mass is 19.4. The highest BCUT2D eigenvalue weighted by molar-refractivity contribution is 5.91. The number of hydrogen-bond acceptors (Lipinski definition) is 4. The first-order valence-electron chi connectivity index (χ1n) is 6.27. The average molecular weight is 306 g/mol. The lowest BCUT2D eigenvalue weighted by Gasteiger charge is -2.18. The van der Waals surface area contributed by atoms with Crippen LogP contribution in [0.15, 0.2) is 16.9 Å². The molecule has 0 aromatic carbocycles. The third-order valence-corrected chi connectivity index (χ3v) is 2.64. The van der Waals surface area contributed by atoms with Gasteiger partial charge in [0.15, 0.2) is 0 Å². The van der Waals surface area contributed by atoms with E-state index in [1.807, 2.05) is 0 Å². The number of carbonyl (C=O) groups excluding carboxylic acids is 1. The van der Waals surface area contributed by atoms with Gasteiger partial charge in [-0.25, -0.2) is 4.68 Å². The van der Waals surface area contributed by atoms with Crippen LogP contribution in [0, 0.1) is 0 Å². The minimum Gasteiger partial charge on any atom is -0.351 e. The number of halogens is 3. The van der Waals surface area contributed by atoms with Crippen LogP contribution < -0.4 is 10.9 Å². The maximum atomic E-state index is 12.1. The van der Waals surface area contributed by atoms with Gasteiger partial charge in [-0.05, 0) is 26.1 Å². The molecular weight excluding hydrogens is 289 g/mol. The van der Waals surface area contributed by atoms with E-state index in [-0.39, 0.29) is 24.3 Å². The highest BCUT2D eigenvalue weighted by Gasteiger charge is 2.28. The third-order valence-electron chi connectivity index (χ3n) is 2.64. The Kier molecular flexibility index (Phi) is 5.89. The average Bonchev–Trinajstić information content (AvgIpc) is 2.35. The van der Waals surface area contributed by atoms with E-state index in [0.717, 1.165) is 9.58 Å². The normalized spacial score (nSPS) is 11.7. The van der Waals surface area contributed by atoms with E-state index in [9.17, 15) is 22.8 Å². The second-order valence-corrected chi connectivity index (χ2v) is 4.64. The molecule has 9 heteroatoms. The predicted octanol–water partition coefficient (Wildman–Crippen LogP) is 0.394. The molecule has 1 N–H and O–H groups in total. The van der Waals surface area contributed by atoms with E-state index in [4.69, 9.17) is 0 Å². The molecule has 1 heterocycles. The summed E-state index contributed by atoms with van der Waals surface area (Å²) in [6, 6.07) is 2.52. The summed E-state index contributed by atoms with van der Waals surface area (Å²) in [4.78, 5) is 23.9. The van der Waals surface area contributed by atoms with E-state index in [1.54, 1.807) is 0 Å².